The van der Waals surface area contributed by atoms with Crippen LogP contribution in [0.5, 0.6) is 0 Å². The number of halogens is 1. The van der Waals surface area contributed by atoms with Gasteiger partial charge in [0.15, 0.2) is 0 Å². The molecule has 3 nitrogen and oxygen atoms in total. The summed E-state index contributed by atoms with van der Waals surface area (Å²) in [5.74, 6) is -0.728. The Morgan fingerprint density at radius 3 is 2.70 bits per heavy atom. The molecule has 0 atom stereocenters. The summed E-state index contributed by atoms with van der Waals surface area (Å²) in [4.78, 5) is 13.7. The summed E-state index contributed by atoms with van der Waals surface area (Å²) in [6.07, 6.45) is 0. The van der Waals surface area contributed by atoms with Gasteiger partial charge in [-0.1, -0.05) is 18.2 Å². The van der Waals surface area contributed by atoms with Crippen molar-refractivity contribution in [2.45, 2.75) is 20.4 Å². The average Bonchev–Trinajstić information content (AvgIpc) is 3.13. The lowest BCUT2D eigenvalue weighted by Gasteiger charge is -2.09. The minimum absolute atomic E-state index is 0.195. The maximum atomic E-state index is 13.7. The van der Waals surface area contributed by atoms with Gasteiger partial charge in [-0.3, -0.25) is 4.79 Å². The van der Waals surface area contributed by atoms with E-state index in [-0.39, 0.29) is 11.6 Å². The highest BCUT2D eigenvalue weighted by Crippen LogP contribution is 2.21. The van der Waals surface area contributed by atoms with Crippen molar-refractivity contribution in [3.8, 4) is 0 Å². The van der Waals surface area contributed by atoms with E-state index in [1.807, 2.05) is 31.4 Å². The number of hydrogen-bond donors (Lipinski definition) is 1. The van der Waals surface area contributed by atoms with E-state index < -0.39 is 5.82 Å². The lowest BCUT2D eigenvalue weighted by Crippen LogP contribution is -2.14. The molecule has 2 heterocycles. The van der Waals surface area contributed by atoms with Crippen LogP contribution in [0.2, 0.25) is 0 Å². The van der Waals surface area contributed by atoms with Crippen LogP contribution >= 0.6 is 11.3 Å². The number of hydrogen-bond acceptors (Lipinski definition) is 2. The van der Waals surface area contributed by atoms with Gasteiger partial charge in [-0.15, -0.1) is 11.3 Å². The summed E-state index contributed by atoms with van der Waals surface area (Å²) in [5.41, 5.74) is 2.65. The summed E-state index contributed by atoms with van der Waals surface area (Å²) in [6, 6.07) is 12.1. The molecule has 1 aromatic carbocycles. The fourth-order valence-electron chi connectivity index (χ4n) is 2.58. The molecular weight excluding hydrogens is 311 g/mol. The van der Waals surface area contributed by atoms with Crippen LogP contribution in [-0.4, -0.2) is 10.5 Å². The number of nitrogens with one attached hydrogen (secondary N) is 1. The SMILES string of the molecule is Cc1cc(C(=O)Nc2ccccc2F)c(C)n1Cc1cccs1. The second-order valence-corrected chi connectivity index (χ2v) is 6.42. The van der Waals surface area contributed by atoms with Crippen LogP contribution in [0.4, 0.5) is 10.1 Å². The summed E-state index contributed by atoms with van der Waals surface area (Å²) in [6.45, 7) is 4.62. The zero-order chi connectivity index (χ0) is 16.4. The third-order valence-corrected chi connectivity index (χ3v) is 4.70. The lowest BCUT2D eigenvalue weighted by molar-refractivity contribution is 0.102. The molecule has 0 fully saturated rings. The molecule has 1 amide bonds. The second-order valence-electron chi connectivity index (χ2n) is 5.38. The minimum Gasteiger partial charge on any atom is -0.343 e. The van der Waals surface area contributed by atoms with Crippen LogP contribution in [0.1, 0.15) is 26.6 Å². The molecule has 2 aromatic heterocycles. The Bertz CT molecular complexity index is 837. The van der Waals surface area contributed by atoms with Gasteiger partial charge in [-0.2, -0.15) is 0 Å². The van der Waals surface area contributed by atoms with Gasteiger partial charge >= 0.3 is 0 Å². The summed E-state index contributed by atoms with van der Waals surface area (Å²) in [5, 5.41) is 4.68. The van der Waals surface area contributed by atoms with Gasteiger partial charge in [0.25, 0.3) is 5.91 Å². The number of anilines is 1. The number of benzene rings is 1. The van der Waals surface area contributed by atoms with Crippen molar-refractivity contribution in [3.05, 3.63) is 75.5 Å². The van der Waals surface area contributed by atoms with Gasteiger partial charge in [0.05, 0.1) is 17.8 Å². The quantitative estimate of drug-likeness (QED) is 0.746. The highest BCUT2D eigenvalue weighted by molar-refractivity contribution is 7.09. The largest absolute Gasteiger partial charge is 0.343 e. The molecule has 0 aliphatic rings. The number of carbonyl (C=O) groups is 1. The van der Waals surface area contributed by atoms with E-state index in [0.717, 1.165) is 17.9 Å². The van der Waals surface area contributed by atoms with Crippen molar-refractivity contribution in [1.29, 1.82) is 0 Å². The van der Waals surface area contributed by atoms with Crippen LogP contribution in [0.15, 0.2) is 47.8 Å². The Morgan fingerprint density at radius 1 is 1.22 bits per heavy atom. The molecule has 3 rings (SSSR count). The number of nitrogens with zero attached hydrogens (tertiary/aromatic N) is 1. The summed E-state index contributed by atoms with van der Waals surface area (Å²) in [7, 11) is 0. The van der Waals surface area contributed by atoms with Crippen LogP contribution in [-0.2, 0) is 6.54 Å². The third kappa shape index (κ3) is 3.19. The molecular formula is C18H17FN2OS. The Kier molecular flexibility index (Phi) is 4.30. The van der Waals surface area contributed by atoms with Crippen molar-refractivity contribution in [2.24, 2.45) is 0 Å². The van der Waals surface area contributed by atoms with Crippen LogP contribution in [0.25, 0.3) is 0 Å². The topological polar surface area (TPSA) is 34.0 Å². The van der Waals surface area contributed by atoms with Crippen molar-refractivity contribution >= 4 is 22.9 Å². The standard InChI is InChI=1S/C18H17FN2OS/c1-12-10-15(13(2)21(12)11-14-6-5-9-23-14)18(22)20-17-8-4-3-7-16(17)19/h3-10H,11H2,1-2H3,(H,20,22). The van der Waals surface area contributed by atoms with Gasteiger partial charge in [-0.25, -0.2) is 4.39 Å². The molecule has 0 bridgehead atoms. The first-order chi connectivity index (χ1) is 11.1. The zero-order valence-electron chi connectivity index (χ0n) is 13.0. The Balaban J connectivity index is 1.86. The van der Waals surface area contributed by atoms with Crippen LogP contribution < -0.4 is 5.32 Å². The van der Waals surface area contributed by atoms with Gasteiger partial charge in [0.2, 0.25) is 0 Å². The molecule has 5 heteroatoms. The number of aryl methyl sites for hydroxylation is 1. The van der Waals surface area contributed by atoms with Gasteiger partial charge < -0.3 is 9.88 Å². The monoisotopic (exact) mass is 328 g/mol. The second kappa shape index (κ2) is 6.38. The number of rotatable bonds is 4. The molecule has 23 heavy (non-hydrogen) atoms. The van der Waals surface area contributed by atoms with Crippen molar-refractivity contribution < 1.29 is 9.18 Å². The van der Waals surface area contributed by atoms with E-state index in [0.29, 0.717) is 5.56 Å². The molecule has 3 aromatic rings. The average molecular weight is 328 g/mol. The Hall–Kier alpha value is -2.40. The molecule has 0 spiro atoms. The molecule has 0 saturated carbocycles. The Labute approximate surface area is 138 Å². The molecule has 0 saturated heterocycles. The smallest absolute Gasteiger partial charge is 0.257 e. The highest BCUT2D eigenvalue weighted by Gasteiger charge is 2.17. The van der Waals surface area contributed by atoms with E-state index in [1.165, 1.54) is 10.9 Å². The van der Waals surface area contributed by atoms with E-state index in [4.69, 9.17) is 0 Å². The summed E-state index contributed by atoms with van der Waals surface area (Å²) < 4.78 is 15.8. The number of para-hydroxylation sites is 1. The van der Waals surface area contributed by atoms with E-state index in [2.05, 4.69) is 16.0 Å². The van der Waals surface area contributed by atoms with Gasteiger partial charge in [-0.05, 0) is 43.5 Å². The molecule has 1 N–H and O–H groups in total. The lowest BCUT2D eigenvalue weighted by atomic mass is 10.2. The maximum absolute atomic E-state index is 13.7. The summed E-state index contributed by atoms with van der Waals surface area (Å²) >= 11 is 1.69. The van der Waals surface area contributed by atoms with E-state index >= 15 is 0 Å². The van der Waals surface area contributed by atoms with E-state index in [1.54, 1.807) is 29.5 Å². The van der Waals surface area contributed by atoms with Crippen molar-refractivity contribution in [2.75, 3.05) is 5.32 Å². The minimum atomic E-state index is -0.437. The molecule has 118 valence electrons. The third-order valence-electron chi connectivity index (χ3n) is 3.83. The number of aromatic nitrogens is 1. The fraction of sp³-hybridized carbons (Fsp3) is 0.167. The van der Waals surface area contributed by atoms with Crippen molar-refractivity contribution in [1.82, 2.24) is 4.57 Å². The first-order valence-electron chi connectivity index (χ1n) is 7.31. The van der Waals surface area contributed by atoms with Crippen molar-refractivity contribution in [3.63, 3.8) is 0 Å². The number of amides is 1. The fourth-order valence-corrected chi connectivity index (χ4v) is 3.28. The molecule has 0 aliphatic heterocycles. The van der Waals surface area contributed by atoms with Crippen LogP contribution in [0.3, 0.4) is 0 Å². The molecule has 0 radical (unpaired) electrons. The first kappa shape index (κ1) is 15.5. The van der Waals surface area contributed by atoms with Gasteiger partial charge in [0, 0.05) is 16.3 Å². The predicted octanol–water partition coefficient (Wildman–Crippen LogP) is 4.61. The molecule has 0 unspecified atom stereocenters. The highest BCUT2D eigenvalue weighted by atomic mass is 32.1. The van der Waals surface area contributed by atoms with E-state index in [9.17, 15) is 9.18 Å². The Morgan fingerprint density at radius 2 is 2.00 bits per heavy atom. The molecule has 0 aliphatic carbocycles. The zero-order valence-corrected chi connectivity index (χ0v) is 13.8. The van der Waals surface area contributed by atoms with Gasteiger partial charge in [0.1, 0.15) is 5.82 Å². The maximum Gasteiger partial charge on any atom is 0.257 e. The number of carbonyl (C=O) groups excluding carboxylic acids is 1. The normalized spacial score (nSPS) is 10.7. The number of thiophene rings is 1. The first-order valence-corrected chi connectivity index (χ1v) is 8.19. The van der Waals surface area contributed by atoms with Crippen LogP contribution in [0, 0.1) is 19.7 Å². The predicted molar refractivity (Wildman–Crippen MR) is 91.7 cm³/mol.